The summed E-state index contributed by atoms with van der Waals surface area (Å²) < 4.78 is 25.9. The molecule has 0 atom stereocenters. The minimum atomic E-state index is -3.29. The molecule has 7 heteroatoms. The third-order valence-corrected chi connectivity index (χ3v) is 5.06. The van der Waals surface area contributed by atoms with E-state index in [4.69, 9.17) is 0 Å². The molecule has 0 spiro atoms. The maximum atomic E-state index is 12.3. The van der Waals surface area contributed by atoms with Crippen molar-refractivity contribution >= 4 is 10.0 Å². The lowest BCUT2D eigenvalue weighted by molar-refractivity contribution is 0.0600. The smallest absolute Gasteiger partial charge is 0.215 e. The van der Waals surface area contributed by atoms with Crippen molar-refractivity contribution in [2.24, 2.45) is 0 Å². The topological polar surface area (TPSA) is 72.9 Å². The molecular weight excluding hydrogens is 266 g/mol. The van der Waals surface area contributed by atoms with Gasteiger partial charge >= 0.3 is 0 Å². The molecule has 1 rings (SSSR count). The van der Waals surface area contributed by atoms with Crippen LogP contribution >= 0.6 is 0 Å². The monoisotopic (exact) mass is 293 g/mol. The number of sulfonamides is 1. The average Bonchev–Trinajstić information content (AvgIpc) is 2.34. The van der Waals surface area contributed by atoms with Crippen LogP contribution in [0.1, 0.15) is 20.8 Å². The number of rotatable bonds is 7. The lowest BCUT2D eigenvalue weighted by atomic mass is 10.1. The summed E-state index contributed by atoms with van der Waals surface area (Å²) in [6.45, 7) is 9.79. The third kappa shape index (κ3) is 6.18. The summed E-state index contributed by atoms with van der Waals surface area (Å²) >= 11 is 0. The van der Waals surface area contributed by atoms with Gasteiger partial charge in [0.1, 0.15) is 0 Å². The van der Waals surface area contributed by atoms with Gasteiger partial charge in [0, 0.05) is 45.8 Å². The molecule has 0 radical (unpaired) electrons. The van der Waals surface area contributed by atoms with E-state index < -0.39 is 15.6 Å². The van der Waals surface area contributed by atoms with E-state index in [-0.39, 0.29) is 12.3 Å². The molecule has 1 saturated heterocycles. The molecule has 0 bridgehead atoms. The van der Waals surface area contributed by atoms with Crippen molar-refractivity contribution in [1.29, 1.82) is 0 Å². The Morgan fingerprint density at radius 1 is 1.32 bits per heavy atom. The van der Waals surface area contributed by atoms with Crippen LogP contribution in [0.5, 0.6) is 0 Å². The van der Waals surface area contributed by atoms with Crippen LogP contribution < -0.4 is 5.32 Å². The molecule has 1 fully saturated rings. The Bertz CT molecular complexity index is 359. The Labute approximate surface area is 116 Å². The molecule has 6 nitrogen and oxygen atoms in total. The van der Waals surface area contributed by atoms with E-state index in [1.165, 1.54) is 4.31 Å². The van der Waals surface area contributed by atoms with Crippen molar-refractivity contribution in [3.63, 3.8) is 0 Å². The van der Waals surface area contributed by atoms with Crippen LogP contribution in [0.4, 0.5) is 0 Å². The molecule has 0 aromatic rings. The lowest BCUT2D eigenvalue weighted by Gasteiger charge is -2.30. The molecule has 1 aliphatic heterocycles. The van der Waals surface area contributed by atoms with E-state index in [0.717, 1.165) is 26.2 Å². The van der Waals surface area contributed by atoms with Gasteiger partial charge in [-0.15, -0.1) is 0 Å². The summed E-state index contributed by atoms with van der Waals surface area (Å²) in [5.41, 5.74) is -1.00. The van der Waals surface area contributed by atoms with Crippen LogP contribution in [-0.4, -0.2) is 79.9 Å². The van der Waals surface area contributed by atoms with E-state index in [1.54, 1.807) is 20.8 Å². The predicted octanol–water partition coefficient (Wildman–Crippen LogP) is -0.686. The van der Waals surface area contributed by atoms with Crippen molar-refractivity contribution in [2.45, 2.75) is 26.4 Å². The lowest BCUT2D eigenvalue weighted by Crippen LogP contribution is -2.48. The first-order valence-electron chi connectivity index (χ1n) is 6.88. The zero-order valence-corrected chi connectivity index (χ0v) is 13.0. The Morgan fingerprint density at radius 3 is 2.37 bits per heavy atom. The van der Waals surface area contributed by atoms with E-state index in [2.05, 4.69) is 10.2 Å². The fourth-order valence-electron chi connectivity index (χ4n) is 2.15. The zero-order valence-electron chi connectivity index (χ0n) is 12.2. The third-order valence-electron chi connectivity index (χ3n) is 3.18. The van der Waals surface area contributed by atoms with Crippen molar-refractivity contribution < 1.29 is 13.5 Å². The number of hydrogen-bond donors (Lipinski definition) is 2. The van der Waals surface area contributed by atoms with Gasteiger partial charge in [0.25, 0.3) is 0 Å². The fraction of sp³-hybridized carbons (Fsp3) is 1.00. The maximum absolute atomic E-state index is 12.3. The second kappa shape index (κ2) is 6.99. The van der Waals surface area contributed by atoms with Crippen LogP contribution in [0.15, 0.2) is 0 Å². The van der Waals surface area contributed by atoms with Crippen molar-refractivity contribution in [3.8, 4) is 0 Å². The maximum Gasteiger partial charge on any atom is 0.215 e. The number of likely N-dealkylation sites (N-methyl/N-ethyl adjacent to an activating group) is 1. The Morgan fingerprint density at radius 2 is 1.89 bits per heavy atom. The summed E-state index contributed by atoms with van der Waals surface area (Å²) in [6, 6.07) is 0. The largest absolute Gasteiger partial charge is 0.389 e. The number of piperazine rings is 1. The van der Waals surface area contributed by atoms with Gasteiger partial charge in [-0.3, -0.25) is 4.90 Å². The Balaban J connectivity index is 2.52. The summed E-state index contributed by atoms with van der Waals surface area (Å²) in [5, 5.41) is 13.0. The van der Waals surface area contributed by atoms with Gasteiger partial charge in [0.15, 0.2) is 0 Å². The summed E-state index contributed by atoms with van der Waals surface area (Å²) in [5.74, 6) is 0.122. The Hall–Kier alpha value is -0.210. The van der Waals surface area contributed by atoms with Gasteiger partial charge in [0.2, 0.25) is 10.0 Å². The quantitative estimate of drug-likeness (QED) is 0.650. The molecule has 19 heavy (non-hydrogen) atoms. The van der Waals surface area contributed by atoms with Gasteiger partial charge in [0.05, 0.1) is 11.4 Å². The second-order valence-corrected chi connectivity index (χ2v) is 7.73. The molecule has 0 aromatic carbocycles. The van der Waals surface area contributed by atoms with E-state index in [1.807, 2.05) is 0 Å². The predicted molar refractivity (Wildman–Crippen MR) is 76.6 cm³/mol. The van der Waals surface area contributed by atoms with Crippen LogP contribution in [0.2, 0.25) is 0 Å². The number of aliphatic hydroxyl groups is 1. The first-order valence-corrected chi connectivity index (χ1v) is 8.49. The second-order valence-electron chi connectivity index (χ2n) is 5.65. The first-order chi connectivity index (χ1) is 8.74. The molecule has 0 saturated carbocycles. The molecule has 2 N–H and O–H groups in total. The van der Waals surface area contributed by atoms with E-state index in [9.17, 15) is 13.5 Å². The highest BCUT2D eigenvalue weighted by Gasteiger charge is 2.27. The number of nitrogens with one attached hydrogen (secondary N) is 1. The van der Waals surface area contributed by atoms with Gasteiger partial charge < -0.3 is 10.4 Å². The van der Waals surface area contributed by atoms with Gasteiger partial charge in [-0.1, -0.05) is 6.92 Å². The van der Waals surface area contributed by atoms with Crippen LogP contribution in [0, 0.1) is 0 Å². The van der Waals surface area contributed by atoms with E-state index >= 15 is 0 Å². The normalized spacial score (nSPS) is 19.0. The van der Waals surface area contributed by atoms with Gasteiger partial charge in [-0.2, -0.15) is 4.31 Å². The van der Waals surface area contributed by atoms with Crippen molar-refractivity contribution in [2.75, 3.05) is 51.6 Å². The SMILES string of the molecule is CCN(CC(C)(C)O)S(=O)(=O)CCN1CCNCC1. The highest BCUT2D eigenvalue weighted by atomic mass is 32.2. The summed E-state index contributed by atoms with van der Waals surface area (Å²) in [7, 11) is -3.29. The van der Waals surface area contributed by atoms with Crippen LogP contribution in [-0.2, 0) is 10.0 Å². The highest BCUT2D eigenvalue weighted by Crippen LogP contribution is 2.10. The van der Waals surface area contributed by atoms with Gasteiger partial charge in [-0.25, -0.2) is 8.42 Å². The average molecular weight is 293 g/mol. The molecular formula is C12H27N3O3S. The molecule has 1 aliphatic rings. The Kier molecular flexibility index (Phi) is 6.19. The van der Waals surface area contributed by atoms with E-state index in [0.29, 0.717) is 13.1 Å². The highest BCUT2D eigenvalue weighted by molar-refractivity contribution is 7.89. The molecule has 0 amide bonds. The van der Waals surface area contributed by atoms with Crippen molar-refractivity contribution in [1.82, 2.24) is 14.5 Å². The van der Waals surface area contributed by atoms with Crippen LogP contribution in [0.3, 0.4) is 0 Å². The zero-order chi connectivity index (χ0) is 14.5. The van der Waals surface area contributed by atoms with Gasteiger partial charge in [-0.05, 0) is 13.8 Å². The molecule has 0 aliphatic carbocycles. The molecule has 0 unspecified atom stereocenters. The fourth-order valence-corrected chi connectivity index (χ4v) is 3.80. The van der Waals surface area contributed by atoms with Crippen LogP contribution in [0.25, 0.3) is 0 Å². The molecule has 114 valence electrons. The van der Waals surface area contributed by atoms with Crippen molar-refractivity contribution in [3.05, 3.63) is 0 Å². The molecule has 1 heterocycles. The number of hydrogen-bond acceptors (Lipinski definition) is 5. The minimum absolute atomic E-state index is 0.122. The first kappa shape index (κ1) is 16.8. The minimum Gasteiger partial charge on any atom is -0.389 e. The number of nitrogens with zero attached hydrogens (tertiary/aromatic N) is 2. The summed E-state index contributed by atoms with van der Waals surface area (Å²) in [4.78, 5) is 2.16. The standard InChI is InChI=1S/C12H27N3O3S/c1-4-15(11-12(2,3)16)19(17,18)10-9-14-7-5-13-6-8-14/h13,16H,4-11H2,1-3H3. The summed E-state index contributed by atoms with van der Waals surface area (Å²) in [6.07, 6.45) is 0. The molecule has 0 aromatic heterocycles.